The van der Waals surface area contributed by atoms with Gasteiger partial charge in [0.15, 0.2) is 22.5 Å². The Morgan fingerprint density at radius 3 is 2.72 bits per heavy atom. The van der Waals surface area contributed by atoms with Crippen LogP contribution in [0.15, 0.2) is 75.6 Å². The first-order chi connectivity index (χ1) is 18.8. The second kappa shape index (κ2) is 9.10. The van der Waals surface area contributed by atoms with Gasteiger partial charge in [0, 0.05) is 11.1 Å². The summed E-state index contributed by atoms with van der Waals surface area (Å²) >= 11 is 1.10. The topological polar surface area (TPSA) is 156 Å². The molecule has 2 aliphatic heterocycles. The lowest BCUT2D eigenvalue weighted by atomic mass is 10.1. The van der Waals surface area contributed by atoms with Crippen molar-refractivity contribution in [1.82, 2.24) is 23.9 Å². The van der Waals surface area contributed by atoms with Gasteiger partial charge in [0.05, 0.1) is 12.3 Å². The van der Waals surface area contributed by atoms with Crippen LogP contribution in [0.4, 0.5) is 4.39 Å². The summed E-state index contributed by atoms with van der Waals surface area (Å²) in [4.78, 5) is 38.4. The first-order valence-electron chi connectivity index (χ1n) is 11.8. The molecule has 5 atom stereocenters. The van der Waals surface area contributed by atoms with Gasteiger partial charge in [0.2, 0.25) is 5.78 Å². The molecule has 2 saturated heterocycles. The molecule has 3 unspecified atom stereocenters. The number of aliphatic hydroxyl groups is 1. The number of ether oxygens (including phenoxy) is 1. The van der Waals surface area contributed by atoms with Crippen molar-refractivity contribution in [1.29, 1.82) is 0 Å². The molecule has 0 bridgehead atoms. The van der Waals surface area contributed by atoms with E-state index in [-0.39, 0.29) is 30.1 Å². The maximum Gasteiger partial charge on any atom is 1.00 e. The minimum Gasteiger partial charge on any atom is -0.756 e. The summed E-state index contributed by atoms with van der Waals surface area (Å²) in [6, 6.07) is 15.0. The Morgan fingerprint density at radius 1 is 1.18 bits per heavy atom. The number of fused-ring (bicyclic) bond motifs is 3. The summed E-state index contributed by atoms with van der Waals surface area (Å²) in [5.74, 6) is -0.200. The third kappa shape index (κ3) is 4.21. The molecule has 15 heteroatoms. The van der Waals surface area contributed by atoms with Crippen molar-refractivity contribution in [3.63, 3.8) is 0 Å². The molecule has 2 N–H and O–H groups in total. The number of nitrogens with zero attached hydrogens (tertiary/aromatic N) is 4. The standard InChI is InChI=1S/C24H19FN5O7PS/c25-13-6-8-14(9-7-13)39-24-27-17-20(30(24)22-18(31)19-16(36-22)11-35-38(33,34)37-19)28-23-26-15(10-29(23)21(17)32)12-4-2-1-3-5-12/h1-10,16,18-19,22,31H,11H2,(H,26,28)(H,33,34)/t16?,18?,19-,22-/m1/s1. The van der Waals surface area contributed by atoms with E-state index in [4.69, 9.17) is 13.8 Å². The van der Waals surface area contributed by atoms with Gasteiger partial charge in [-0.2, -0.15) is 4.98 Å². The number of aromatic nitrogens is 5. The molecule has 200 valence electrons. The van der Waals surface area contributed by atoms with Crippen LogP contribution in [0, 0.1) is 5.82 Å². The van der Waals surface area contributed by atoms with Crippen molar-refractivity contribution in [2.45, 2.75) is 34.6 Å². The highest BCUT2D eigenvalue weighted by Crippen LogP contribution is 2.50. The molecule has 0 radical (unpaired) electrons. The summed E-state index contributed by atoms with van der Waals surface area (Å²) in [7, 11) is -4.61. The van der Waals surface area contributed by atoms with Crippen molar-refractivity contribution in [3.8, 4) is 11.3 Å². The number of aliphatic hydroxyl groups excluding tert-OH is 1. The third-order valence-corrected chi connectivity index (χ3v) is 8.48. The molecule has 0 saturated carbocycles. The number of nitrogens with one attached hydrogen (secondary N) is 1. The highest BCUT2D eigenvalue weighted by Gasteiger charge is 2.51. The molecule has 39 heavy (non-hydrogen) atoms. The summed E-state index contributed by atoms with van der Waals surface area (Å²) in [6.07, 6.45) is -3.18. The zero-order valence-electron chi connectivity index (χ0n) is 20.7. The SMILES string of the molecule is O=c1c2nc(Sc3ccc(F)cc3)n([C@@H]3OC4COP(=O)([O-])O[C@H]4C3O)c2nc2[nH]c(-c3ccccc3)cn12.[H+]. The van der Waals surface area contributed by atoms with E-state index in [1.54, 1.807) is 6.20 Å². The Bertz CT molecular complexity index is 1830. The lowest BCUT2D eigenvalue weighted by molar-refractivity contribution is -0.245. The summed E-state index contributed by atoms with van der Waals surface area (Å²) in [5.41, 5.74) is 1.11. The molecule has 0 aliphatic carbocycles. The quantitative estimate of drug-likeness (QED) is 0.308. The Morgan fingerprint density at radius 2 is 1.95 bits per heavy atom. The number of imidazole rings is 2. The number of hydrogen-bond donors (Lipinski definition) is 2. The molecule has 0 spiro atoms. The number of halogens is 1. The molecule has 2 aromatic carbocycles. The minimum absolute atomic E-state index is 0. The van der Waals surface area contributed by atoms with Crippen molar-refractivity contribution < 1.29 is 34.2 Å². The molecule has 2 aliphatic rings. The zero-order chi connectivity index (χ0) is 26.9. The number of phosphoric ester groups is 1. The maximum atomic E-state index is 13.6. The number of H-pyrrole nitrogens is 1. The fourth-order valence-electron chi connectivity index (χ4n) is 4.72. The van der Waals surface area contributed by atoms with Crippen LogP contribution in [-0.2, 0) is 18.3 Å². The first kappa shape index (κ1) is 24.7. The normalized spacial score (nSPS) is 26.8. The lowest BCUT2D eigenvalue weighted by Gasteiger charge is -2.34. The number of hydrogen-bond acceptors (Lipinski definition) is 10. The second-order valence-electron chi connectivity index (χ2n) is 9.01. The summed E-state index contributed by atoms with van der Waals surface area (Å²) in [6.45, 7) is -0.344. The van der Waals surface area contributed by atoms with Crippen LogP contribution in [0.3, 0.4) is 0 Å². The van der Waals surface area contributed by atoms with Crippen molar-refractivity contribution in [2.75, 3.05) is 6.61 Å². The van der Waals surface area contributed by atoms with Crippen LogP contribution in [0.5, 0.6) is 0 Å². The average molecular weight is 571 g/mol. The average Bonchev–Trinajstić information content (AvgIpc) is 3.60. The van der Waals surface area contributed by atoms with Gasteiger partial charge in [-0.1, -0.05) is 42.1 Å². The molecule has 12 nitrogen and oxygen atoms in total. The van der Waals surface area contributed by atoms with Crippen LogP contribution < -0.4 is 10.5 Å². The van der Waals surface area contributed by atoms with E-state index < -0.39 is 43.7 Å². The van der Waals surface area contributed by atoms with Crippen molar-refractivity contribution >= 4 is 36.5 Å². The van der Waals surface area contributed by atoms with Crippen LogP contribution in [-0.4, -0.2) is 53.9 Å². The summed E-state index contributed by atoms with van der Waals surface area (Å²) in [5, 5.41) is 11.3. The van der Waals surface area contributed by atoms with E-state index in [9.17, 15) is 23.7 Å². The second-order valence-corrected chi connectivity index (χ2v) is 11.4. The number of benzene rings is 2. The minimum atomic E-state index is -4.61. The number of aromatic amines is 1. The van der Waals surface area contributed by atoms with Crippen LogP contribution in [0.2, 0.25) is 0 Å². The van der Waals surface area contributed by atoms with Crippen LogP contribution >= 0.6 is 19.6 Å². The molecule has 7 rings (SSSR count). The highest BCUT2D eigenvalue weighted by atomic mass is 32.2. The first-order valence-corrected chi connectivity index (χ1v) is 14.0. The van der Waals surface area contributed by atoms with Gasteiger partial charge < -0.3 is 28.8 Å². The molecule has 3 aromatic heterocycles. The van der Waals surface area contributed by atoms with Crippen LogP contribution in [0.25, 0.3) is 28.2 Å². The van der Waals surface area contributed by atoms with Gasteiger partial charge in [-0.05, 0) is 29.8 Å². The molecule has 2 fully saturated rings. The van der Waals surface area contributed by atoms with Gasteiger partial charge >= 0.3 is 1.43 Å². The summed E-state index contributed by atoms with van der Waals surface area (Å²) < 4.78 is 43.9. The highest BCUT2D eigenvalue weighted by molar-refractivity contribution is 7.99. The van der Waals surface area contributed by atoms with E-state index in [1.807, 2.05) is 30.3 Å². The van der Waals surface area contributed by atoms with Gasteiger partial charge in [0.1, 0.15) is 24.1 Å². The fourth-order valence-corrected chi connectivity index (χ4v) is 6.58. The number of phosphoric acid groups is 1. The zero-order valence-corrected chi connectivity index (χ0v) is 21.4. The van der Waals surface area contributed by atoms with E-state index in [1.165, 1.54) is 33.2 Å². The Labute approximate surface area is 224 Å². The van der Waals surface area contributed by atoms with Crippen molar-refractivity contribution in [2.24, 2.45) is 0 Å². The van der Waals surface area contributed by atoms with E-state index >= 15 is 0 Å². The van der Waals surface area contributed by atoms with Crippen LogP contribution in [0.1, 0.15) is 7.65 Å². The molecule has 5 heterocycles. The third-order valence-electron chi connectivity index (χ3n) is 6.54. The maximum absolute atomic E-state index is 13.6. The molecular formula is C24H19FN5O7PS. The Hall–Kier alpha value is -3.36. The molecule has 0 amide bonds. The van der Waals surface area contributed by atoms with E-state index in [0.717, 1.165) is 17.3 Å². The largest absolute Gasteiger partial charge is 1.00 e. The predicted molar refractivity (Wildman–Crippen MR) is 135 cm³/mol. The van der Waals surface area contributed by atoms with Gasteiger partial charge in [-0.15, -0.1) is 0 Å². The molecule has 5 aromatic rings. The Kier molecular flexibility index (Phi) is 5.75. The van der Waals surface area contributed by atoms with E-state index in [2.05, 4.69) is 15.0 Å². The smallest absolute Gasteiger partial charge is 0.756 e. The van der Waals surface area contributed by atoms with E-state index in [0.29, 0.717) is 10.6 Å². The number of rotatable bonds is 4. The fraction of sp³-hybridized carbons (Fsp3) is 0.208. The lowest BCUT2D eigenvalue weighted by Crippen LogP contribution is -2.41. The molecular weight excluding hydrogens is 552 g/mol. The monoisotopic (exact) mass is 571 g/mol. The van der Waals surface area contributed by atoms with Gasteiger partial charge in [-0.25, -0.2) is 13.8 Å². The van der Waals surface area contributed by atoms with Crippen molar-refractivity contribution in [3.05, 3.63) is 77.0 Å². The Balaban J connectivity index is 0.00000289. The van der Waals surface area contributed by atoms with Gasteiger partial charge in [0.25, 0.3) is 13.4 Å². The predicted octanol–water partition coefficient (Wildman–Crippen LogP) is 2.58. The van der Waals surface area contributed by atoms with Gasteiger partial charge in [-0.3, -0.25) is 13.9 Å².